The predicted molar refractivity (Wildman–Crippen MR) is 102 cm³/mol. The third-order valence-corrected chi connectivity index (χ3v) is 5.16. The summed E-state index contributed by atoms with van der Waals surface area (Å²) in [6.45, 7) is 2.78. The molecular formula is C18H18ClN7O. The zero-order chi connectivity index (χ0) is 18.4. The average Bonchev–Trinajstić information content (AvgIpc) is 3.23. The normalized spacial score (nSPS) is 19.5. The summed E-state index contributed by atoms with van der Waals surface area (Å²) in [4.78, 5) is 13.0. The number of fused-ring (bicyclic) bond motifs is 2. The number of aromatic nitrogens is 6. The van der Waals surface area contributed by atoms with Gasteiger partial charge >= 0.3 is 0 Å². The summed E-state index contributed by atoms with van der Waals surface area (Å²) >= 11 is 6.16. The molecule has 1 saturated carbocycles. The number of halogens is 1. The van der Waals surface area contributed by atoms with Crippen molar-refractivity contribution in [2.45, 2.75) is 31.9 Å². The van der Waals surface area contributed by atoms with Crippen LogP contribution in [-0.4, -0.2) is 47.7 Å². The van der Waals surface area contributed by atoms with Gasteiger partial charge in [0.2, 0.25) is 11.7 Å². The molecule has 0 bridgehead atoms. The number of nitrogens with zero attached hydrogens (tertiary/aromatic N) is 6. The summed E-state index contributed by atoms with van der Waals surface area (Å²) in [6.07, 6.45) is 11.4. The first-order valence-electron chi connectivity index (χ1n) is 8.93. The molecule has 1 aliphatic carbocycles. The first-order valence-corrected chi connectivity index (χ1v) is 9.30. The molecule has 0 atom stereocenters. The van der Waals surface area contributed by atoms with Crippen LogP contribution in [0.2, 0.25) is 5.15 Å². The number of anilines is 1. The van der Waals surface area contributed by atoms with E-state index in [2.05, 4.69) is 25.4 Å². The van der Waals surface area contributed by atoms with E-state index in [1.807, 2.05) is 36.1 Å². The van der Waals surface area contributed by atoms with E-state index in [0.29, 0.717) is 29.0 Å². The fourth-order valence-corrected chi connectivity index (χ4v) is 3.61. The second kappa shape index (κ2) is 6.47. The zero-order valence-corrected chi connectivity index (χ0v) is 15.5. The average molecular weight is 384 g/mol. The molecular weight excluding hydrogens is 366 g/mol. The number of imidazole rings is 1. The van der Waals surface area contributed by atoms with Gasteiger partial charge in [0.25, 0.3) is 0 Å². The van der Waals surface area contributed by atoms with Gasteiger partial charge in [-0.05, 0) is 25.8 Å². The van der Waals surface area contributed by atoms with Gasteiger partial charge in [0.1, 0.15) is 5.15 Å². The molecule has 9 heteroatoms. The maximum Gasteiger partial charge on any atom is 0.241 e. The fraction of sp³-hybridized carbons (Fsp3) is 0.333. The largest absolute Gasteiger partial charge is 0.378 e. The van der Waals surface area contributed by atoms with Crippen LogP contribution < -0.4 is 5.32 Å². The van der Waals surface area contributed by atoms with Crippen LogP contribution in [-0.2, 0) is 4.74 Å². The molecule has 8 nitrogen and oxygen atoms in total. The minimum Gasteiger partial charge on any atom is -0.378 e. The zero-order valence-electron chi connectivity index (χ0n) is 14.7. The van der Waals surface area contributed by atoms with Gasteiger partial charge in [-0.3, -0.25) is 4.40 Å². The molecule has 0 amide bonds. The van der Waals surface area contributed by atoms with Crippen LogP contribution in [0.4, 0.5) is 5.95 Å². The molecule has 0 aromatic carbocycles. The minimum atomic E-state index is 0.354. The van der Waals surface area contributed by atoms with Crippen LogP contribution in [0.15, 0.2) is 37.1 Å². The van der Waals surface area contributed by atoms with Gasteiger partial charge < -0.3 is 10.1 Å². The summed E-state index contributed by atoms with van der Waals surface area (Å²) in [7, 11) is 0. The van der Waals surface area contributed by atoms with Crippen molar-refractivity contribution in [3.8, 4) is 11.1 Å². The quantitative estimate of drug-likeness (QED) is 0.570. The van der Waals surface area contributed by atoms with Gasteiger partial charge in [0.05, 0.1) is 24.0 Å². The SMILES string of the molecule is CCO[C@H]1C[C@H](Nc2ncc3c(-c4cnc5ncc(Cl)n5c4)ccn3n2)C1. The highest BCUT2D eigenvalue weighted by Gasteiger charge is 2.30. The lowest BCUT2D eigenvalue weighted by molar-refractivity contribution is 0.00283. The number of hydrogen-bond acceptors (Lipinski definition) is 6. The van der Waals surface area contributed by atoms with Crippen molar-refractivity contribution in [1.29, 1.82) is 0 Å². The van der Waals surface area contributed by atoms with Crippen molar-refractivity contribution < 1.29 is 4.74 Å². The van der Waals surface area contributed by atoms with Crippen molar-refractivity contribution in [1.82, 2.24) is 29.0 Å². The summed E-state index contributed by atoms with van der Waals surface area (Å²) in [6, 6.07) is 2.36. The Hall–Kier alpha value is -2.71. The Morgan fingerprint density at radius 3 is 2.93 bits per heavy atom. The Labute approximate surface area is 160 Å². The molecule has 1 N–H and O–H groups in total. The summed E-state index contributed by atoms with van der Waals surface area (Å²) < 4.78 is 9.17. The van der Waals surface area contributed by atoms with E-state index in [1.54, 1.807) is 16.8 Å². The van der Waals surface area contributed by atoms with E-state index in [4.69, 9.17) is 16.3 Å². The topological polar surface area (TPSA) is 81.6 Å². The molecule has 4 aromatic heterocycles. The Kier molecular flexibility index (Phi) is 3.95. The van der Waals surface area contributed by atoms with Crippen molar-refractivity contribution in [3.63, 3.8) is 0 Å². The molecule has 0 spiro atoms. The first-order chi connectivity index (χ1) is 13.2. The van der Waals surface area contributed by atoms with Crippen LogP contribution in [0.25, 0.3) is 22.4 Å². The van der Waals surface area contributed by atoms with E-state index in [-0.39, 0.29) is 0 Å². The van der Waals surface area contributed by atoms with Crippen LogP contribution >= 0.6 is 11.6 Å². The smallest absolute Gasteiger partial charge is 0.241 e. The third-order valence-electron chi connectivity index (χ3n) is 4.88. The molecule has 0 unspecified atom stereocenters. The maximum absolute atomic E-state index is 6.16. The number of nitrogens with one attached hydrogen (secondary N) is 1. The lowest BCUT2D eigenvalue weighted by atomic mass is 9.89. The second-order valence-electron chi connectivity index (χ2n) is 6.62. The summed E-state index contributed by atoms with van der Waals surface area (Å²) in [5, 5.41) is 8.47. The molecule has 0 aliphatic heterocycles. The van der Waals surface area contributed by atoms with Gasteiger partial charge in [-0.25, -0.2) is 19.5 Å². The predicted octanol–water partition coefficient (Wildman–Crippen LogP) is 3.07. The van der Waals surface area contributed by atoms with Crippen LogP contribution in [0, 0.1) is 0 Å². The Bertz CT molecular complexity index is 1120. The van der Waals surface area contributed by atoms with E-state index in [9.17, 15) is 0 Å². The Morgan fingerprint density at radius 2 is 2.07 bits per heavy atom. The first kappa shape index (κ1) is 16.5. The molecule has 0 radical (unpaired) electrons. The van der Waals surface area contributed by atoms with Gasteiger partial charge in [-0.15, -0.1) is 5.10 Å². The van der Waals surface area contributed by atoms with Gasteiger partial charge in [0.15, 0.2) is 0 Å². The lowest BCUT2D eigenvalue weighted by Crippen LogP contribution is -2.41. The highest BCUT2D eigenvalue weighted by Crippen LogP contribution is 2.28. The fourth-order valence-electron chi connectivity index (χ4n) is 3.43. The van der Waals surface area contributed by atoms with Gasteiger partial charge in [-0.2, -0.15) is 0 Å². The molecule has 4 heterocycles. The lowest BCUT2D eigenvalue weighted by Gasteiger charge is -2.35. The molecule has 1 aliphatic rings. The van der Waals surface area contributed by atoms with E-state index in [1.165, 1.54) is 0 Å². The molecule has 4 aromatic rings. The highest BCUT2D eigenvalue weighted by atomic mass is 35.5. The van der Waals surface area contributed by atoms with E-state index in [0.717, 1.165) is 36.1 Å². The van der Waals surface area contributed by atoms with Crippen molar-refractivity contribution >= 4 is 28.8 Å². The molecule has 1 fully saturated rings. The molecule has 0 saturated heterocycles. The van der Waals surface area contributed by atoms with E-state index >= 15 is 0 Å². The summed E-state index contributed by atoms with van der Waals surface area (Å²) in [5.74, 6) is 1.19. The van der Waals surface area contributed by atoms with Gasteiger partial charge in [0, 0.05) is 42.4 Å². The van der Waals surface area contributed by atoms with Crippen molar-refractivity contribution in [3.05, 3.63) is 42.2 Å². The molecule has 27 heavy (non-hydrogen) atoms. The summed E-state index contributed by atoms with van der Waals surface area (Å²) in [5.41, 5.74) is 2.81. The van der Waals surface area contributed by atoms with Crippen molar-refractivity contribution in [2.24, 2.45) is 0 Å². The van der Waals surface area contributed by atoms with Crippen LogP contribution in [0.3, 0.4) is 0 Å². The van der Waals surface area contributed by atoms with Gasteiger partial charge in [-0.1, -0.05) is 11.6 Å². The Morgan fingerprint density at radius 1 is 1.22 bits per heavy atom. The second-order valence-corrected chi connectivity index (χ2v) is 7.01. The molecule has 138 valence electrons. The number of rotatable bonds is 5. The van der Waals surface area contributed by atoms with E-state index < -0.39 is 0 Å². The monoisotopic (exact) mass is 383 g/mol. The minimum absolute atomic E-state index is 0.354. The number of ether oxygens (including phenoxy) is 1. The Balaban J connectivity index is 1.41. The number of hydrogen-bond donors (Lipinski definition) is 1. The standard InChI is InChI=1S/C18H18ClN7O/c1-2-27-13-5-12(6-13)23-17-20-8-15-14(3-4-26(15)24-17)11-7-21-18-22-9-16(19)25(18)10-11/h3-4,7-10,12-13H,2,5-6H2,1H3,(H,23,24)/t12-,13-. The molecule has 5 rings (SSSR count). The van der Waals surface area contributed by atoms with Crippen molar-refractivity contribution in [2.75, 3.05) is 11.9 Å². The van der Waals surface area contributed by atoms with Crippen LogP contribution in [0.5, 0.6) is 0 Å². The third kappa shape index (κ3) is 2.90. The van der Waals surface area contributed by atoms with Crippen LogP contribution in [0.1, 0.15) is 19.8 Å². The highest BCUT2D eigenvalue weighted by molar-refractivity contribution is 6.29. The maximum atomic E-state index is 6.16.